The Kier molecular flexibility index (Phi) is 7.06. The summed E-state index contributed by atoms with van der Waals surface area (Å²) in [4.78, 5) is 8.49. The summed E-state index contributed by atoms with van der Waals surface area (Å²) in [5.74, 6) is 0.782. The molecule has 2 rings (SSSR count). The van der Waals surface area contributed by atoms with Gasteiger partial charge in [-0.15, -0.1) is 30.6 Å². The lowest BCUT2D eigenvalue weighted by Gasteiger charge is -2.11. The second kappa shape index (κ2) is 8.57. The molecule has 0 aliphatic carbocycles. The van der Waals surface area contributed by atoms with Gasteiger partial charge >= 0.3 is 0 Å². The highest BCUT2D eigenvalue weighted by Gasteiger charge is 2.01. The van der Waals surface area contributed by atoms with E-state index in [1.807, 2.05) is 24.5 Å². The summed E-state index contributed by atoms with van der Waals surface area (Å²) < 4.78 is 2.13. The summed E-state index contributed by atoms with van der Waals surface area (Å²) >= 11 is 0. The molecule has 6 heteroatoms. The van der Waals surface area contributed by atoms with Gasteiger partial charge in [0.2, 0.25) is 0 Å². The number of nitrogens with one attached hydrogen (secondary N) is 2. The molecule has 0 saturated heterocycles. The first-order chi connectivity index (χ1) is 9.35. The van der Waals surface area contributed by atoms with Crippen LogP contribution in [0.5, 0.6) is 0 Å². The lowest BCUT2D eigenvalue weighted by Crippen LogP contribution is -2.38. The lowest BCUT2D eigenvalue weighted by molar-refractivity contribution is 0.680. The molecule has 0 saturated carbocycles. The van der Waals surface area contributed by atoms with Crippen LogP contribution in [0, 0.1) is 0 Å². The third kappa shape index (κ3) is 4.22. The fourth-order valence-electron chi connectivity index (χ4n) is 1.87. The molecule has 0 radical (unpaired) electrons. The summed E-state index contributed by atoms with van der Waals surface area (Å²) in [7, 11) is 1.75. The molecule has 20 heavy (non-hydrogen) atoms. The van der Waals surface area contributed by atoms with E-state index >= 15 is 0 Å². The van der Waals surface area contributed by atoms with Crippen LogP contribution in [0.3, 0.4) is 0 Å². The van der Waals surface area contributed by atoms with Crippen LogP contribution in [0.2, 0.25) is 0 Å². The molecular formula is C14H20IN5. The fourth-order valence-corrected chi connectivity index (χ4v) is 1.87. The van der Waals surface area contributed by atoms with Crippen LogP contribution < -0.4 is 10.6 Å². The van der Waals surface area contributed by atoms with Crippen LogP contribution >= 0.6 is 24.0 Å². The summed E-state index contributed by atoms with van der Waals surface area (Å²) in [5.41, 5.74) is 2.18. The van der Waals surface area contributed by atoms with E-state index in [0.717, 1.165) is 30.1 Å². The minimum absolute atomic E-state index is 0. The van der Waals surface area contributed by atoms with E-state index in [2.05, 4.69) is 37.8 Å². The molecular weight excluding hydrogens is 365 g/mol. The molecule has 0 unspecified atom stereocenters. The highest BCUT2D eigenvalue weighted by atomic mass is 127. The first-order valence-electron chi connectivity index (χ1n) is 6.30. The number of fused-ring (bicyclic) bond motifs is 1. The SMILES string of the molecule is C=CCNC(=NC)NCCn1cnc2ccccc21.I. The Labute approximate surface area is 136 Å². The van der Waals surface area contributed by atoms with E-state index in [1.54, 1.807) is 13.1 Å². The normalized spacial score (nSPS) is 10.9. The molecule has 1 aromatic heterocycles. The molecule has 0 fully saturated rings. The van der Waals surface area contributed by atoms with Crippen molar-refractivity contribution in [1.82, 2.24) is 20.2 Å². The van der Waals surface area contributed by atoms with Gasteiger partial charge in [-0.25, -0.2) is 4.98 Å². The molecule has 0 amide bonds. The summed E-state index contributed by atoms with van der Waals surface area (Å²) in [6.07, 6.45) is 3.67. The summed E-state index contributed by atoms with van der Waals surface area (Å²) in [6, 6.07) is 8.12. The standard InChI is InChI=1S/C14H19N5.HI/c1-3-8-16-14(15-2)17-9-10-19-11-18-12-6-4-5-7-13(12)19;/h3-7,11H,1,8-10H2,2H3,(H2,15,16,17);1H. The quantitative estimate of drug-likeness (QED) is 0.358. The van der Waals surface area contributed by atoms with Gasteiger partial charge in [-0.2, -0.15) is 0 Å². The minimum Gasteiger partial charge on any atom is -0.355 e. The van der Waals surface area contributed by atoms with Crippen LogP contribution in [0.1, 0.15) is 0 Å². The van der Waals surface area contributed by atoms with E-state index in [4.69, 9.17) is 0 Å². The van der Waals surface area contributed by atoms with Gasteiger partial charge in [0.15, 0.2) is 5.96 Å². The topological polar surface area (TPSA) is 54.2 Å². The Bertz CT molecular complexity index is 576. The Morgan fingerprint density at radius 1 is 1.40 bits per heavy atom. The maximum atomic E-state index is 4.36. The molecule has 2 N–H and O–H groups in total. The maximum absolute atomic E-state index is 4.36. The smallest absolute Gasteiger partial charge is 0.191 e. The Morgan fingerprint density at radius 2 is 2.20 bits per heavy atom. The van der Waals surface area contributed by atoms with Crippen LogP contribution in [-0.4, -0.2) is 35.6 Å². The third-order valence-corrected chi connectivity index (χ3v) is 2.81. The van der Waals surface area contributed by atoms with Gasteiger partial charge < -0.3 is 15.2 Å². The number of benzene rings is 1. The number of rotatable bonds is 5. The van der Waals surface area contributed by atoms with Gasteiger partial charge in [-0.1, -0.05) is 18.2 Å². The highest BCUT2D eigenvalue weighted by molar-refractivity contribution is 14.0. The number of aliphatic imine (C=N–C) groups is 1. The van der Waals surface area contributed by atoms with Gasteiger partial charge in [0, 0.05) is 26.7 Å². The molecule has 1 aromatic carbocycles. The zero-order chi connectivity index (χ0) is 13.5. The van der Waals surface area contributed by atoms with Crippen molar-refractivity contribution in [3.05, 3.63) is 43.2 Å². The van der Waals surface area contributed by atoms with Crippen molar-refractivity contribution in [2.24, 2.45) is 4.99 Å². The molecule has 1 heterocycles. The van der Waals surface area contributed by atoms with Gasteiger partial charge in [-0.3, -0.25) is 4.99 Å². The summed E-state index contributed by atoms with van der Waals surface area (Å²) in [6.45, 7) is 6.00. The van der Waals surface area contributed by atoms with E-state index in [-0.39, 0.29) is 24.0 Å². The van der Waals surface area contributed by atoms with Crippen LogP contribution in [0.15, 0.2) is 48.2 Å². The van der Waals surface area contributed by atoms with Crippen LogP contribution in [0.25, 0.3) is 11.0 Å². The third-order valence-electron chi connectivity index (χ3n) is 2.81. The van der Waals surface area contributed by atoms with E-state index < -0.39 is 0 Å². The Balaban J connectivity index is 0.00000200. The zero-order valence-electron chi connectivity index (χ0n) is 11.5. The predicted octanol–water partition coefficient (Wildman–Crippen LogP) is 2.01. The van der Waals surface area contributed by atoms with Crippen molar-refractivity contribution in [1.29, 1.82) is 0 Å². The molecule has 5 nitrogen and oxygen atoms in total. The van der Waals surface area contributed by atoms with Gasteiger partial charge in [0.05, 0.1) is 17.4 Å². The Hall–Kier alpha value is -1.57. The number of imidazole rings is 1. The van der Waals surface area contributed by atoms with E-state index in [9.17, 15) is 0 Å². The average Bonchev–Trinajstić information content (AvgIpc) is 2.86. The monoisotopic (exact) mass is 385 g/mol. The van der Waals surface area contributed by atoms with E-state index in [1.165, 1.54) is 0 Å². The summed E-state index contributed by atoms with van der Waals surface area (Å²) in [5, 5.41) is 6.38. The van der Waals surface area contributed by atoms with E-state index in [0.29, 0.717) is 6.54 Å². The molecule has 108 valence electrons. The molecule has 2 aromatic rings. The first-order valence-corrected chi connectivity index (χ1v) is 6.30. The van der Waals surface area contributed by atoms with Crippen molar-refractivity contribution >= 4 is 41.0 Å². The highest BCUT2D eigenvalue weighted by Crippen LogP contribution is 2.10. The van der Waals surface area contributed by atoms with Crippen LogP contribution in [-0.2, 0) is 6.54 Å². The Morgan fingerprint density at radius 3 is 2.95 bits per heavy atom. The molecule has 0 spiro atoms. The number of hydrogen-bond acceptors (Lipinski definition) is 2. The van der Waals surface area contributed by atoms with Crippen molar-refractivity contribution < 1.29 is 0 Å². The number of aromatic nitrogens is 2. The van der Waals surface area contributed by atoms with Crippen LogP contribution in [0.4, 0.5) is 0 Å². The number of guanidine groups is 1. The zero-order valence-corrected chi connectivity index (χ0v) is 13.9. The average molecular weight is 385 g/mol. The predicted molar refractivity (Wildman–Crippen MR) is 94.7 cm³/mol. The number of para-hydroxylation sites is 2. The second-order valence-electron chi connectivity index (χ2n) is 4.10. The molecule has 0 atom stereocenters. The van der Waals surface area contributed by atoms with Crippen molar-refractivity contribution in [3.8, 4) is 0 Å². The van der Waals surface area contributed by atoms with Gasteiger partial charge in [0.25, 0.3) is 0 Å². The largest absolute Gasteiger partial charge is 0.355 e. The minimum atomic E-state index is 0. The fraction of sp³-hybridized carbons (Fsp3) is 0.286. The maximum Gasteiger partial charge on any atom is 0.191 e. The second-order valence-corrected chi connectivity index (χ2v) is 4.10. The number of halogens is 1. The van der Waals surface area contributed by atoms with Gasteiger partial charge in [-0.05, 0) is 12.1 Å². The first kappa shape index (κ1) is 16.5. The van der Waals surface area contributed by atoms with Crippen molar-refractivity contribution in [3.63, 3.8) is 0 Å². The van der Waals surface area contributed by atoms with Gasteiger partial charge in [0.1, 0.15) is 0 Å². The lowest BCUT2D eigenvalue weighted by atomic mass is 10.3. The van der Waals surface area contributed by atoms with Crippen molar-refractivity contribution in [2.75, 3.05) is 20.1 Å². The molecule has 0 bridgehead atoms. The molecule has 0 aliphatic heterocycles. The number of nitrogens with zero attached hydrogens (tertiary/aromatic N) is 3. The number of hydrogen-bond donors (Lipinski definition) is 2. The van der Waals surface area contributed by atoms with Crippen molar-refractivity contribution in [2.45, 2.75) is 6.54 Å². The molecule has 0 aliphatic rings.